The Kier molecular flexibility index (Phi) is 5.80. The van der Waals surface area contributed by atoms with E-state index < -0.39 is 0 Å². The largest absolute Gasteiger partial charge is 0.469 e. The van der Waals surface area contributed by atoms with Crippen LogP contribution in [-0.2, 0) is 27.3 Å². The Morgan fingerprint density at radius 3 is 2.33 bits per heavy atom. The highest BCUT2D eigenvalue weighted by molar-refractivity contribution is 5.72. The first-order valence-electron chi connectivity index (χ1n) is 7.83. The summed E-state index contributed by atoms with van der Waals surface area (Å²) in [6.45, 7) is 5.19. The van der Waals surface area contributed by atoms with E-state index in [1.807, 2.05) is 24.3 Å². The SMILES string of the molecule is COC(=O)Cc1ccccc1COC1CC(C)CC(C)C1. The third-order valence-corrected chi connectivity index (χ3v) is 4.29. The Hall–Kier alpha value is -1.35. The minimum atomic E-state index is -0.206. The molecule has 2 unspecified atom stereocenters. The standard InChI is InChI=1S/C18H26O3/c1-13-8-14(2)10-17(9-13)21-12-16-7-5-4-6-15(16)11-18(19)20-3/h4-7,13-14,17H,8-12H2,1-3H3. The Balaban J connectivity index is 1.95. The van der Waals surface area contributed by atoms with Crippen molar-refractivity contribution in [2.75, 3.05) is 7.11 Å². The molecule has 0 aliphatic heterocycles. The minimum absolute atomic E-state index is 0.206. The maximum absolute atomic E-state index is 11.5. The summed E-state index contributed by atoms with van der Waals surface area (Å²) in [6, 6.07) is 7.95. The van der Waals surface area contributed by atoms with Crippen LogP contribution in [0.2, 0.25) is 0 Å². The predicted molar refractivity (Wildman–Crippen MR) is 82.9 cm³/mol. The van der Waals surface area contributed by atoms with E-state index in [9.17, 15) is 4.79 Å². The lowest BCUT2D eigenvalue weighted by Crippen LogP contribution is -2.26. The topological polar surface area (TPSA) is 35.5 Å². The summed E-state index contributed by atoms with van der Waals surface area (Å²) in [5, 5.41) is 0. The first kappa shape index (κ1) is 16.0. The van der Waals surface area contributed by atoms with Crippen molar-refractivity contribution in [2.45, 2.75) is 52.2 Å². The lowest BCUT2D eigenvalue weighted by Gasteiger charge is -2.31. The van der Waals surface area contributed by atoms with Crippen LogP contribution in [0.4, 0.5) is 0 Å². The highest BCUT2D eigenvalue weighted by Crippen LogP contribution is 2.31. The van der Waals surface area contributed by atoms with Gasteiger partial charge in [0.2, 0.25) is 0 Å². The monoisotopic (exact) mass is 290 g/mol. The van der Waals surface area contributed by atoms with E-state index in [0.29, 0.717) is 19.1 Å². The fourth-order valence-corrected chi connectivity index (χ4v) is 3.32. The Bertz CT molecular complexity index is 459. The normalized spacial score (nSPS) is 25.6. The molecule has 1 fully saturated rings. The molecule has 0 N–H and O–H groups in total. The van der Waals surface area contributed by atoms with Gasteiger partial charge in [-0.15, -0.1) is 0 Å². The van der Waals surface area contributed by atoms with Gasteiger partial charge in [-0.2, -0.15) is 0 Å². The maximum Gasteiger partial charge on any atom is 0.309 e. The van der Waals surface area contributed by atoms with Crippen LogP contribution >= 0.6 is 0 Å². The summed E-state index contributed by atoms with van der Waals surface area (Å²) in [4.78, 5) is 11.5. The number of benzene rings is 1. The molecule has 1 aliphatic carbocycles. The molecule has 2 rings (SSSR count). The fourth-order valence-electron chi connectivity index (χ4n) is 3.32. The molecule has 1 aromatic carbocycles. The smallest absolute Gasteiger partial charge is 0.309 e. The molecular formula is C18H26O3. The Labute approximate surface area is 127 Å². The van der Waals surface area contributed by atoms with E-state index in [2.05, 4.69) is 13.8 Å². The first-order chi connectivity index (χ1) is 10.1. The van der Waals surface area contributed by atoms with Gasteiger partial charge in [0.25, 0.3) is 0 Å². The van der Waals surface area contributed by atoms with Crippen LogP contribution in [0.5, 0.6) is 0 Å². The van der Waals surface area contributed by atoms with Gasteiger partial charge in [-0.1, -0.05) is 38.1 Å². The zero-order chi connectivity index (χ0) is 15.2. The Morgan fingerprint density at radius 1 is 1.10 bits per heavy atom. The van der Waals surface area contributed by atoms with E-state index >= 15 is 0 Å². The number of methoxy groups -OCH3 is 1. The third kappa shape index (κ3) is 4.85. The number of rotatable bonds is 5. The molecule has 1 saturated carbocycles. The molecule has 1 aromatic rings. The van der Waals surface area contributed by atoms with Gasteiger partial charge in [0.15, 0.2) is 0 Å². The minimum Gasteiger partial charge on any atom is -0.469 e. The Morgan fingerprint density at radius 2 is 1.71 bits per heavy atom. The van der Waals surface area contributed by atoms with Crippen LogP contribution in [0.25, 0.3) is 0 Å². The van der Waals surface area contributed by atoms with Crippen LogP contribution in [0.1, 0.15) is 44.2 Å². The summed E-state index contributed by atoms with van der Waals surface area (Å²) < 4.78 is 10.9. The first-order valence-corrected chi connectivity index (χ1v) is 7.83. The molecule has 2 atom stereocenters. The zero-order valence-electron chi connectivity index (χ0n) is 13.3. The summed E-state index contributed by atoms with van der Waals surface area (Å²) >= 11 is 0. The molecule has 3 heteroatoms. The summed E-state index contributed by atoms with van der Waals surface area (Å²) in [5.74, 6) is 1.27. The molecular weight excluding hydrogens is 264 g/mol. The molecule has 0 radical (unpaired) electrons. The van der Waals surface area contributed by atoms with Gasteiger partial charge in [-0.3, -0.25) is 4.79 Å². The van der Waals surface area contributed by atoms with Gasteiger partial charge in [-0.25, -0.2) is 0 Å². The number of hydrogen-bond donors (Lipinski definition) is 0. The summed E-state index contributed by atoms with van der Waals surface area (Å²) in [6.07, 6.45) is 4.24. The van der Waals surface area contributed by atoms with Crippen LogP contribution in [0, 0.1) is 11.8 Å². The molecule has 21 heavy (non-hydrogen) atoms. The van der Waals surface area contributed by atoms with E-state index in [1.165, 1.54) is 13.5 Å². The van der Waals surface area contributed by atoms with Crippen molar-refractivity contribution in [3.8, 4) is 0 Å². The van der Waals surface area contributed by atoms with Crippen LogP contribution in [0.15, 0.2) is 24.3 Å². The highest BCUT2D eigenvalue weighted by Gasteiger charge is 2.24. The third-order valence-electron chi connectivity index (χ3n) is 4.29. The van der Waals surface area contributed by atoms with Gasteiger partial charge in [0, 0.05) is 0 Å². The lowest BCUT2D eigenvalue weighted by atomic mass is 9.82. The molecule has 0 heterocycles. The van der Waals surface area contributed by atoms with Gasteiger partial charge in [0.05, 0.1) is 26.2 Å². The zero-order valence-corrected chi connectivity index (χ0v) is 13.3. The summed E-state index contributed by atoms with van der Waals surface area (Å²) in [5.41, 5.74) is 2.09. The number of carbonyl (C=O) groups excluding carboxylic acids is 1. The maximum atomic E-state index is 11.5. The van der Waals surface area contributed by atoms with E-state index in [1.54, 1.807) is 0 Å². The van der Waals surface area contributed by atoms with Crippen molar-refractivity contribution in [2.24, 2.45) is 11.8 Å². The van der Waals surface area contributed by atoms with Crippen LogP contribution < -0.4 is 0 Å². The second-order valence-electron chi connectivity index (χ2n) is 6.37. The number of carbonyl (C=O) groups is 1. The lowest BCUT2D eigenvalue weighted by molar-refractivity contribution is -0.139. The quantitative estimate of drug-likeness (QED) is 0.775. The van der Waals surface area contributed by atoms with E-state index in [0.717, 1.165) is 35.8 Å². The van der Waals surface area contributed by atoms with E-state index in [-0.39, 0.29) is 5.97 Å². The summed E-state index contributed by atoms with van der Waals surface area (Å²) in [7, 11) is 1.42. The number of esters is 1. The number of ether oxygens (including phenoxy) is 2. The van der Waals surface area contributed by atoms with Crippen molar-refractivity contribution in [1.29, 1.82) is 0 Å². The second-order valence-corrected chi connectivity index (χ2v) is 6.37. The van der Waals surface area contributed by atoms with Gasteiger partial charge in [0.1, 0.15) is 0 Å². The second kappa shape index (κ2) is 7.60. The number of hydrogen-bond acceptors (Lipinski definition) is 3. The predicted octanol–water partition coefficient (Wildman–Crippen LogP) is 3.74. The fraction of sp³-hybridized carbons (Fsp3) is 0.611. The van der Waals surface area contributed by atoms with Crippen LogP contribution in [-0.4, -0.2) is 19.2 Å². The molecule has 3 nitrogen and oxygen atoms in total. The molecule has 0 amide bonds. The van der Waals surface area contributed by atoms with E-state index in [4.69, 9.17) is 9.47 Å². The average molecular weight is 290 g/mol. The van der Waals surface area contributed by atoms with Crippen molar-refractivity contribution in [3.63, 3.8) is 0 Å². The molecule has 0 bridgehead atoms. The molecule has 1 aliphatic rings. The molecule has 0 saturated heterocycles. The molecule has 116 valence electrons. The average Bonchev–Trinajstić information content (AvgIpc) is 2.45. The van der Waals surface area contributed by atoms with Crippen molar-refractivity contribution >= 4 is 5.97 Å². The van der Waals surface area contributed by atoms with Crippen LogP contribution in [0.3, 0.4) is 0 Å². The molecule has 0 spiro atoms. The van der Waals surface area contributed by atoms with Gasteiger partial charge >= 0.3 is 5.97 Å². The van der Waals surface area contributed by atoms with Crippen molar-refractivity contribution in [3.05, 3.63) is 35.4 Å². The van der Waals surface area contributed by atoms with Crippen molar-refractivity contribution < 1.29 is 14.3 Å². The molecule has 0 aromatic heterocycles. The highest BCUT2D eigenvalue weighted by atomic mass is 16.5. The van der Waals surface area contributed by atoms with Gasteiger partial charge < -0.3 is 9.47 Å². The van der Waals surface area contributed by atoms with Gasteiger partial charge in [-0.05, 0) is 42.2 Å². The van der Waals surface area contributed by atoms with Crippen molar-refractivity contribution in [1.82, 2.24) is 0 Å².